The SMILES string of the molecule is CCC(O)C(O)C(OC1OC(CO)COC1O)C(C)CO. The van der Waals surface area contributed by atoms with Crippen molar-refractivity contribution in [2.75, 3.05) is 19.8 Å². The van der Waals surface area contributed by atoms with Crippen LogP contribution < -0.4 is 0 Å². The van der Waals surface area contributed by atoms with Crippen molar-refractivity contribution in [3.63, 3.8) is 0 Å². The molecule has 0 saturated carbocycles. The maximum Gasteiger partial charge on any atom is 0.210 e. The predicted molar refractivity (Wildman–Crippen MR) is 71.1 cm³/mol. The summed E-state index contributed by atoms with van der Waals surface area (Å²) in [6.07, 6.45) is -6.15. The Balaban J connectivity index is 2.74. The van der Waals surface area contributed by atoms with Crippen LogP contribution in [0.2, 0.25) is 0 Å². The van der Waals surface area contributed by atoms with Gasteiger partial charge in [0.2, 0.25) is 12.6 Å². The van der Waals surface area contributed by atoms with Gasteiger partial charge in [-0.25, -0.2) is 0 Å². The molecular weight excluding hydrogens is 284 g/mol. The Hall–Kier alpha value is -0.320. The van der Waals surface area contributed by atoms with Crippen molar-refractivity contribution in [1.29, 1.82) is 0 Å². The Morgan fingerprint density at radius 3 is 2.48 bits per heavy atom. The Kier molecular flexibility index (Phi) is 7.99. The molecule has 8 heteroatoms. The highest BCUT2D eigenvalue weighted by Crippen LogP contribution is 2.22. The fourth-order valence-corrected chi connectivity index (χ4v) is 2.05. The summed E-state index contributed by atoms with van der Waals surface area (Å²) in [5.41, 5.74) is 0. The first-order valence-electron chi connectivity index (χ1n) is 7.13. The summed E-state index contributed by atoms with van der Waals surface area (Å²) in [7, 11) is 0. The first-order valence-corrected chi connectivity index (χ1v) is 7.13. The molecule has 0 spiro atoms. The van der Waals surface area contributed by atoms with E-state index in [0.717, 1.165) is 0 Å². The molecule has 0 aromatic heterocycles. The maximum absolute atomic E-state index is 10.1. The lowest BCUT2D eigenvalue weighted by molar-refractivity contribution is -0.351. The number of hydrogen-bond acceptors (Lipinski definition) is 8. The highest BCUT2D eigenvalue weighted by Gasteiger charge is 2.38. The van der Waals surface area contributed by atoms with Crippen molar-refractivity contribution in [3.05, 3.63) is 0 Å². The van der Waals surface area contributed by atoms with Crippen LogP contribution in [0.3, 0.4) is 0 Å². The lowest BCUT2D eigenvalue weighted by Gasteiger charge is -2.38. The van der Waals surface area contributed by atoms with Crippen molar-refractivity contribution in [3.8, 4) is 0 Å². The molecular formula is C13H26O8. The first kappa shape index (κ1) is 18.7. The van der Waals surface area contributed by atoms with Crippen molar-refractivity contribution in [2.45, 2.75) is 57.3 Å². The molecule has 0 bridgehead atoms. The third-order valence-electron chi connectivity index (χ3n) is 3.51. The van der Waals surface area contributed by atoms with E-state index in [9.17, 15) is 20.4 Å². The number of aliphatic hydroxyl groups excluding tert-OH is 5. The molecule has 8 nitrogen and oxygen atoms in total. The van der Waals surface area contributed by atoms with Gasteiger partial charge in [-0.2, -0.15) is 0 Å². The van der Waals surface area contributed by atoms with Gasteiger partial charge in [-0.3, -0.25) is 0 Å². The minimum atomic E-state index is -1.37. The minimum absolute atomic E-state index is 0.0257. The predicted octanol–water partition coefficient (Wildman–Crippen LogP) is -1.82. The van der Waals surface area contributed by atoms with Gasteiger partial charge in [0.15, 0.2) is 0 Å². The topological polar surface area (TPSA) is 129 Å². The van der Waals surface area contributed by atoms with Crippen LogP contribution in [-0.4, -0.2) is 82.3 Å². The van der Waals surface area contributed by atoms with E-state index >= 15 is 0 Å². The van der Waals surface area contributed by atoms with Gasteiger partial charge < -0.3 is 39.7 Å². The normalized spacial score (nSPS) is 32.4. The number of hydrogen-bond donors (Lipinski definition) is 5. The van der Waals surface area contributed by atoms with E-state index in [4.69, 9.17) is 19.3 Å². The van der Waals surface area contributed by atoms with Crippen molar-refractivity contribution >= 4 is 0 Å². The molecule has 0 radical (unpaired) electrons. The summed E-state index contributed by atoms with van der Waals surface area (Å²) in [4.78, 5) is 0. The quantitative estimate of drug-likeness (QED) is 0.355. The smallest absolute Gasteiger partial charge is 0.210 e. The van der Waals surface area contributed by atoms with Crippen LogP contribution in [0.5, 0.6) is 0 Å². The third kappa shape index (κ3) is 5.11. The van der Waals surface area contributed by atoms with E-state index < -0.39 is 42.9 Å². The van der Waals surface area contributed by atoms with Gasteiger partial charge in [-0.1, -0.05) is 13.8 Å². The molecule has 0 aromatic carbocycles. The average Bonchev–Trinajstić information content (AvgIpc) is 2.51. The van der Waals surface area contributed by atoms with E-state index in [2.05, 4.69) is 0 Å². The molecule has 1 heterocycles. The lowest BCUT2D eigenvalue weighted by atomic mass is 9.95. The van der Waals surface area contributed by atoms with Gasteiger partial charge in [0.05, 0.1) is 25.4 Å². The molecule has 5 N–H and O–H groups in total. The minimum Gasteiger partial charge on any atom is -0.396 e. The maximum atomic E-state index is 10.1. The molecule has 0 aromatic rings. The van der Waals surface area contributed by atoms with Gasteiger partial charge in [0, 0.05) is 12.5 Å². The Labute approximate surface area is 123 Å². The second-order valence-corrected chi connectivity index (χ2v) is 5.26. The van der Waals surface area contributed by atoms with Gasteiger partial charge in [0.1, 0.15) is 12.2 Å². The van der Waals surface area contributed by atoms with Crippen LogP contribution >= 0.6 is 0 Å². The van der Waals surface area contributed by atoms with Crippen LogP contribution in [0, 0.1) is 5.92 Å². The Morgan fingerprint density at radius 1 is 1.29 bits per heavy atom. The number of rotatable bonds is 8. The van der Waals surface area contributed by atoms with E-state index in [0.29, 0.717) is 6.42 Å². The standard InChI is InChI=1S/C13H26O8/c1-3-9(16)10(17)11(7(2)4-14)21-13-12(18)19-6-8(5-15)20-13/h7-18H,3-6H2,1-2H3. The van der Waals surface area contributed by atoms with Crippen LogP contribution in [-0.2, 0) is 14.2 Å². The monoisotopic (exact) mass is 310 g/mol. The van der Waals surface area contributed by atoms with E-state index in [1.54, 1.807) is 13.8 Å². The summed E-state index contributed by atoms with van der Waals surface area (Å²) in [6, 6.07) is 0. The number of aliphatic hydroxyl groups is 5. The summed E-state index contributed by atoms with van der Waals surface area (Å²) in [5.74, 6) is -0.494. The molecule has 21 heavy (non-hydrogen) atoms. The number of ether oxygens (including phenoxy) is 3. The highest BCUT2D eigenvalue weighted by molar-refractivity contribution is 4.81. The molecule has 7 atom stereocenters. The highest BCUT2D eigenvalue weighted by atomic mass is 16.8. The fourth-order valence-electron chi connectivity index (χ4n) is 2.05. The zero-order chi connectivity index (χ0) is 16.0. The molecule has 0 amide bonds. The lowest BCUT2D eigenvalue weighted by Crippen LogP contribution is -2.52. The van der Waals surface area contributed by atoms with Crippen LogP contribution in [0.25, 0.3) is 0 Å². The van der Waals surface area contributed by atoms with Gasteiger partial charge in [-0.05, 0) is 6.42 Å². The van der Waals surface area contributed by atoms with Gasteiger partial charge in [-0.15, -0.1) is 0 Å². The molecule has 126 valence electrons. The largest absolute Gasteiger partial charge is 0.396 e. The second kappa shape index (κ2) is 8.96. The average molecular weight is 310 g/mol. The van der Waals surface area contributed by atoms with Crippen molar-refractivity contribution in [1.82, 2.24) is 0 Å². The summed E-state index contributed by atoms with van der Waals surface area (Å²) < 4.78 is 15.8. The molecule has 1 aliphatic rings. The van der Waals surface area contributed by atoms with E-state index in [1.165, 1.54) is 0 Å². The molecule has 1 aliphatic heterocycles. The fraction of sp³-hybridized carbons (Fsp3) is 1.00. The van der Waals surface area contributed by atoms with Crippen molar-refractivity contribution < 1.29 is 39.7 Å². The van der Waals surface area contributed by atoms with Crippen LogP contribution in [0.1, 0.15) is 20.3 Å². The first-order chi connectivity index (χ1) is 9.94. The Bertz CT molecular complexity index is 289. The summed E-state index contributed by atoms with van der Waals surface area (Å²) in [5, 5.41) is 47.9. The molecule has 7 unspecified atom stereocenters. The van der Waals surface area contributed by atoms with Gasteiger partial charge >= 0.3 is 0 Å². The third-order valence-corrected chi connectivity index (χ3v) is 3.51. The van der Waals surface area contributed by atoms with Crippen LogP contribution in [0.15, 0.2) is 0 Å². The molecule has 0 aliphatic carbocycles. The van der Waals surface area contributed by atoms with E-state index in [-0.39, 0.29) is 19.8 Å². The summed E-state index contributed by atoms with van der Waals surface area (Å²) >= 11 is 0. The Morgan fingerprint density at radius 2 is 1.95 bits per heavy atom. The second-order valence-electron chi connectivity index (χ2n) is 5.26. The van der Waals surface area contributed by atoms with Crippen molar-refractivity contribution in [2.24, 2.45) is 5.92 Å². The molecule has 1 saturated heterocycles. The zero-order valence-corrected chi connectivity index (χ0v) is 12.3. The summed E-state index contributed by atoms with van der Waals surface area (Å²) in [6.45, 7) is 2.79. The zero-order valence-electron chi connectivity index (χ0n) is 12.3. The molecule has 1 fully saturated rings. The van der Waals surface area contributed by atoms with Crippen LogP contribution in [0.4, 0.5) is 0 Å². The van der Waals surface area contributed by atoms with Gasteiger partial charge in [0.25, 0.3) is 0 Å². The molecule has 1 rings (SSSR count). The van der Waals surface area contributed by atoms with E-state index in [1.807, 2.05) is 0 Å².